The number of nitrogens with one attached hydrogen (secondary N) is 1. The molecule has 3 rings (SSSR count). The second-order valence-electron chi connectivity index (χ2n) is 5.26. The Hall–Kier alpha value is -1.78. The molecule has 1 aliphatic rings. The minimum atomic E-state index is -1.39. The van der Waals surface area contributed by atoms with Gasteiger partial charge in [0.05, 0.1) is 18.8 Å². The molecule has 124 valence electrons. The van der Waals surface area contributed by atoms with E-state index in [4.69, 9.17) is 16.5 Å². The molecule has 1 saturated heterocycles. The minimum Gasteiger partial charge on any atom is -0.394 e. The standard InChI is InChI=1S/C13H16ClN5O4/c1-15-5-13(11(22)10(21)8(4-20)23-13)9-3-2-7-12(18-14)16-6-17-19(7)9/h2-3,6,8,10-11,20-22H,1,4-5H2,(H,16,17,18)/t8-,10-,11-,13+/m1/s1. The summed E-state index contributed by atoms with van der Waals surface area (Å²) < 4.78 is 7.26. The molecule has 1 fully saturated rings. The van der Waals surface area contributed by atoms with Gasteiger partial charge in [0, 0.05) is 11.8 Å². The second-order valence-corrected chi connectivity index (χ2v) is 5.45. The van der Waals surface area contributed by atoms with Crippen molar-refractivity contribution >= 4 is 29.8 Å². The number of nitrogens with zero attached hydrogens (tertiary/aromatic N) is 4. The van der Waals surface area contributed by atoms with Crippen molar-refractivity contribution in [3.63, 3.8) is 0 Å². The largest absolute Gasteiger partial charge is 0.394 e. The van der Waals surface area contributed by atoms with Crippen LogP contribution < -0.4 is 4.84 Å². The summed E-state index contributed by atoms with van der Waals surface area (Å²) in [4.78, 5) is 10.2. The molecule has 3 heterocycles. The molecule has 9 nitrogen and oxygen atoms in total. The fourth-order valence-electron chi connectivity index (χ4n) is 2.95. The summed E-state index contributed by atoms with van der Waals surface area (Å²) in [7, 11) is 0. The van der Waals surface area contributed by atoms with Crippen LogP contribution in [0.4, 0.5) is 5.82 Å². The molecular formula is C13H16ClN5O4. The number of hydrogen-bond acceptors (Lipinski definition) is 8. The number of aromatic nitrogens is 3. The third-order valence-electron chi connectivity index (χ3n) is 4.05. The Labute approximate surface area is 136 Å². The van der Waals surface area contributed by atoms with Crippen LogP contribution in [-0.4, -0.2) is 68.1 Å². The molecule has 2 aromatic heterocycles. The first-order valence-corrected chi connectivity index (χ1v) is 7.24. The maximum absolute atomic E-state index is 10.5. The number of ether oxygens (including phenoxy) is 1. The van der Waals surface area contributed by atoms with E-state index in [0.29, 0.717) is 17.0 Å². The molecule has 4 atom stereocenters. The summed E-state index contributed by atoms with van der Waals surface area (Å²) in [5.41, 5.74) is -0.393. The third-order valence-corrected chi connectivity index (χ3v) is 4.22. The smallest absolute Gasteiger partial charge is 0.168 e. The van der Waals surface area contributed by atoms with Gasteiger partial charge in [0.15, 0.2) is 11.4 Å². The van der Waals surface area contributed by atoms with Gasteiger partial charge < -0.3 is 20.1 Å². The van der Waals surface area contributed by atoms with E-state index in [1.54, 1.807) is 12.1 Å². The summed E-state index contributed by atoms with van der Waals surface area (Å²) in [6.45, 7) is 2.98. The first-order valence-electron chi connectivity index (χ1n) is 6.86. The van der Waals surface area contributed by atoms with Gasteiger partial charge in [-0.15, -0.1) is 0 Å². The van der Waals surface area contributed by atoms with Crippen LogP contribution >= 0.6 is 11.8 Å². The topological polar surface area (TPSA) is 125 Å². The molecule has 4 N–H and O–H groups in total. The van der Waals surface area contributed by atoms with Gasteiger partial charge in [-0.25, -0.2) is 9.50 Å². The van der Waals surface area contributed by atoms with Crippen LogP contribution in [0.2, 0.25) is 0 Å². The molecule has 0 radical (unpaired) electrons. The Kier molecular flexibility index (Phi) is 4.21. The van der Waals surface area contributed by atoms with E-state index in [1.165, 1.54) is 10.8 Å². The normalized spacial score (nSPS) is 30.7. The van der Waals surface area contributed by atoms with Crippen LogP contribution in [0, 0.1) is 0 Å². The first kappa shape index (κ1) is 16.1. The summed E-state index contributed by atoms with van der Waals surface area (Å²) in [5, 5.41) is 34.1. The Morgan fingerprint density at radius 2 is 2.26 bits per heavy atom. The lowest BCUT2D eigenvalue weighted by molar-refractivity contribution is -0.0946. The van der Waals surface area contributed by atoms with Crippen molar-refractivity contribution in [1.29, 1.82) is 0 Å². The van der Waals surface area contributed by atoms with Crippen LogP contribution in [-0.2, 0) is 10.3 Å². The van der Waals surface area contributed by atoms with Crippen molar-refractivity contribution in [1.82, 2.24) is 14.6 Å². The van der Waals surface area contributed by atoms with E-state index >= 15 is 0 Å². The maximum Gasteiger partial charge on any atom is 0.168 e. The van der Waals surface area contributed by atoms with Crippen molar-refractivity contribution < 1.29 is 20.1 Å². The Balaban J connectivity index is 2.18. The number of rotatable bonds is 5. The predicted octanol–water partition coefficient (Wildman–Crippen LogP) is -0.696. The van der Waals surface area contributed by atoms with Crippen LogP contribution in [0.15, 0.2) is 23.5 Å². The van der Waals surface area contributed by atoms with Gasteiger partial charge in [-0.1, -0.05) is 0 Å². The molecule has 0 unspecified atom stereocenters. The minimum absolute atomic E-state index is 0.0263. The lowest BCUT2D eigenvalue weighted by atomic mass is 9.91. The molecule has 0 aliphatic carbocycles. The summed E-state index contributed by atoms with van der Waals surface area (Å²) in [6.07, 6.45) is -2.23. The highest BCUT2D eigenvalue weighted by Gasteiger charge is 2.56. The van der Waals surface area contributed by atoms with Crippen LogP contribution in [0.1, 0.15) is 5.69 Å². The third kappa shape index (κ3) is 2.28. The van der Waals surface area contributed by atoms with Gasteiger partial charge in [0.1, 0.15) is 30.2 Å². The van der Waals surface area contributed by atoms with E-state index in [-0.39, 0.29) is 6.54 Å². The first-order chi connectivity index (χ1) is 11.1. The Morgan fingerprint density at radius 3 is 2.87 bits per heavy atom. The van der Waals surface area contributed by atoms with Crippen molar-refractivity contribution in [3.8, 4) is 0 Å². The fraction of sp³-hybridized carbons (Fsp3) is 0.462. The lowest BCUT2D eigenvalue weighted by Gasteiger charge is -2.30. The molecular weight excluding hydrogens is 326 g/mol. The molecule has 0 aromatic carbocycles. The van der Waals surface area contributed by atoms with Gasteiger partial charge in [-0.05, 0) is 18.9 Å². The Bertz CT molecular complexity index is 725. The quantitative estimate of drug-likeness (QED) is 0.419. The molecule has 0 spiro atoms. The number of fused-ring (bicyclic) bond motifs is 1. The number of anilines is 1. The van der Waals surface area contributed by atoms with E-state index < -0.39 is 30.5 Å². The van der Waals surface area contributed by atoms with Crippen LogP contribution in [0.3, 0.4) is 0 Å². The van der Waals surface area contributed by atoms with E-state index in [1.807, 2.05) is 0 Å². The van der Waals surface area contributed by atoms with Crippen molar-refractivity contribution in [2.75, 3.05) is 18.0 Å². The molecule has 10 heteroatoms. The lowest BCUT2D eigenvalue weighted by Crippen LogP contribution is -2.44. The van der Waals surface area contributed by atoms with E-state index in [2.05, 4.69) is 26.6 Å². The van der Waals surface area contributed by atoms with Crippen molar-refractivity contribution in [2.45, 2.75) is 23.9 Å². The summed E-state index contributed by atoms with van der Waals surface area (Å²) in [5.74, 6) is 0.376. The SMILES string of the molecule is C=NC[C@@]1(c2ccc3c(NCl)ncnn23)O[C@H](CO)[C@@H](O)[C@H]1O. The highest BCUT2D eigenvalue weighted by atomic mass is 35.5. The van der Waals surface area contributed by atoms with E-state index in [9.17, 15) is 15.3 Å². The summed E-state index contributed by atoms with van der Waals surface area (Å²) >= 11 is 5.63. The number of aliphatic imine (C=N–C) groups is 1. The van der Waals surface area contributed by atoms with Crippen molar-refractivity contribution in [3.05, 3.63) is 24.2 Å². The number of hydrogen-bond donors (Lipinski definition) is 4. The molecule has 0 saturated carbocycles. The fourth-order valence-corrected chi connectivity index (χ4v) is 3.10. The number of aliphatic hydroxyl groups is 3. The Morgan fingerprint density at radius 1 is 1.48 bits per heavy atom. The number of halogens is 1. The predicted molar refractivity (Wildman–Crippen MR) is 82.5 cm³/mol. The molecule has 1 aliphatic heterocycles. The van der Waals surface area contributed by atoms with Gasteiger partial charge in [-0.3, -0.25) is 9.83 Å². The maximum atomic E-state index is 10.5. The van der Waals surface area contributed by atoms with Gasteiger partial charge in [0.2, 0.25) is 0 Å². The van der Waals surface area contributed by atoms with Crippen LogP contribution in [0.25, 0.3) is 5.52 Å². The molecule has 0 amide bonds. The monoisotopic (exact) mass is 341 g/mol. The van der Waals surface area contributed by atoms with Gasteiger partial charge in [-0.2, -0.15) is 5.10 Å². The van der Waals surface area contributed by atoms with Crippen LogP contribution in [0.5, 0.6) is 0 Å². The average molecular weight is 342 g/mol. The molecule has 2 aromatic rings. The highest BCUT2D eigenvalue weighted by molar-refractivity contribution is 6.24. The van der Waals surface area contributed by atoms with Crippen molar-refractivity contribution in [2.24, 2.45) is 4.99 Å². The zero-order chi connectivity index (χ0) is 16.6. The molecule has 0 bridgehead atoms. The highest BCUT2D eigenvalue weighted by Crippen LogP contribution is 2.41. The molecule has 23 heavy (non-hydrogen) atoms. The summed E-state index contributed by atoms with van der Waals surface area (Å²) in [6, 6.07) is 3.36. The number of aliphatic hydroxyl groups excluding tert-OH is 3. The zero-order valence-corrected chi connectivity index (χ0v) is 12.8. The van der Waals surface area contributed by atoms with Gasteiger partial charge >= 0.3 is 0 Å². The van der Waals surface area contributed by atoms with E-state index in [0.717, 1.165) is 0 Å². The van der Waals surface area contributed by atoms with Gasteiger partial charge in [0.25, 0.3) is 0 Å². The second kappa shape index (κ2) is 6.02. The zero-order valence-electron chi connectivity index (χ0n) is 12.0. The average Bonchev–Trinajstić information content (AvgIpc) is 3.10.